The lowest BCUT2D eigenvalue weighted by Gasteiger charge is -2.13. The summed E-state index contributed by atoms with van der Waals surface area (Å²) in [6.07, 6.45) is 3.45. The van der Waals surface area contributed by atoms with Crippen LogP contribution < -0.4 is 16.2 Å². The van der Waals surface area contributed by atoms with Gasteiger partial charge in [0.1, 0.15) is 6.04 Å². The molecule has 2 aromatic rings. The fourth-order valence-corrected chi connectivity index (χ4v) is 3.20. The van der Waals surface area contributed by atoms with Crippen molar-refractivity contribution in [3.05, 3.63) is 22.1 Å². The Balaban J connectivity index is 1.89. The maximum absolute atomic E-state index is 11.9. The fraction of sp³-hybridized carbons (Fsp3) is 0.538. The first kappa shape index (κ1) is 14.0. The molecule has 21 heavy (non-hydrogen) atoms. The molecule has 8 heteroatoms. The lowest BCUT2D eigenvalue weighted by molar-refractivity contribution is -0.121. The summed E-state index contributed by atoms with van der Waals surface area (Å²) in [6.45, 7) is 2.67. The number of amides is 1. The van der Waals surface area contributed by atoms with Crippen molar-refractivity contribution in [3.63, 3.8) is 0 Å². The van der Waals surface area contributed by atoms with Crippen molar-refractivity contribution in [2.24, 2.45) is 0 Å². The number of hydrogen-bond donors (Lipinski definition) is 2. The van der Waals surface area contributed by atoms with Crippen molar-refractivity contribution < 1.29 is 4.79 Å². The zero-order valence-electron chi connectivity index (χ0n) is 11.8. The van der Waals surface area contributed by atoms with Gasteiger partial charge in [-0.25, -0.2) is 4.98 Å². The molecule has 7 nitrogen and oxygen atoms in total. The van der Waals surface area contributed by atoms with Crippen LogP contribution in [0.2, 0.25) is 0 Å². The van der Waals surface area contributed by atoms with E-state index in [4.69, 9.17) is 0 Å². The van der Waals surface area contributed by atoms with Gasteiger partial charge in [0.25, 0.3) is 5.56 Å². The number of rotatable bonds is 3. The number of nitrogens with one attached hydrogen (secondary N) is 2. The number of carbonyl (C=O) groups is 1. The minimum Gasteiger partial charge on any atom is -0.354 e. The average Bonchev–Trinajstić information content (AvgIpc) is 2.77. The van der Waals surface area contributed by atoms with Crippen LogP contribution >= 0.6 is 11.3 Å². The van der Waals surface area contributed by atoms with E-state index in [1.165, 1.54) is 21.9 Å². The van der Waals surface area contributed by atoms with Gasteiger partial charge in [-0.05, 0) is 25.7 Å². The van der Waals surface area contributed by atoms with Crippen LogP contribution in [0.15, 0.2) is 10.9 Å². The Hall–Kier alpha value is -1.96. The van der Waals surface area contributed by atoms with Gasteiger partial charge < -0.3 is 10.6 Å². The molecule has 1 atom stereocenters. The molecule has 0 saturated carbocycles. The van der Waals surface area contributed by atoms with Crippen LogP contribution in [0.1, 0.15) is 31.9 Å². The van der Waals surface area contributed by atoms with Crippen molar-refractivity contribution in [2.75, 3.05) is 11.9 Å². The van der Waals surface area contributed by atoms with E-state index in [0.29, 0.717) is 16.5 Å². The largest absolute Gasteiger partial charge is 0.354 e. The molecule has 112 valence electrons. The Morgan fingerprint density at radius 3 is 3.14 bits per heavy atom. The lowest BCUT2D eigenvalue weighted by Crippen LogP contribution is -2.37. The second kappa shape index (κ2) is 5.80. The van der Waals surface area contributed by atoms with Crippen molar-refractivity contribution in [3.8, 4) is 0 Å². The highest BCUT2D eigenvalue weighted by Gasteiger charge is 2.22. The maximum Gasteiger partial charge on any atom is 0.275 e. The van der Waals surface area contributed by atoms with Crippen molar-refractivity contribution >= 4 is 27.3 Å². The summed E-state index contributed by atoms with van der Waals surface area (Å²) in [7, 11) is 0. The van der Waals surface area contributed by atoms with Gasteiger partial charge in [-0.15, -0.1) is 5.10 Å². The predicted octanol–water partition coefficient (Wildman–Crippen LogP) is 0.794. The number of fused-ring (bicyclic) bond motifs is 1. The summed E-state index contributed by atoms with van der Waals surface area (Å²) < 4.78 is 1.28. The highest BCUT2D eigenvalue weighted by Crippen LogP contribution is 2.19. The van der Waals surface area contributed by atoms with Gasteiger partial charge in [0, 0.05) is 18.3 Å². The molecule has 0 radical (unpaired) electrons. The Morgan fingerprint density at radius 1 is 1.48 bits per heavy atom. The fourth-order valence-electron chi connectivity index (χ4n) is 2.32. The van der Waals surface area contributed by atoms with Crippen molar-refractivity contribution in [2.45, 2.75) is 38.6 Å². The van der Waals surface area contributed by atoms with Gasteiger partial charge in [0.15, 0.2) is 0 Å². The summed E-state index contributed by atoms with van der Waals surface area (Å²) in [5, 5.41) is 10.8. The van der Waals surface area contributed by atoms with Crippen LogP contribution in [0.4, 0.5) is 5.13 Å². The van der Waals surface area contributed by atoms with Gasteiger partial charge in [-0.3, -0.25) is 9.59 Å². The van der Waals surface area contributed by atoms with Crippen LogP contribution in [0.5, 0.6) is 0 Å². The van der Waals surface area contributed by atoms with Gasteiger partial charge in [0.05, 0.1) is 0 Å². The van der Waals surface area contributed by atoms with E-state index >= 15 is 0 Å². The molecular weight excluding hydrogens is 290 g/mol. The minimum atomic E-state index is -0.297. The van der Waals surface area contributed by atoms with Gasteiger partial charge >= 0.3 is 0 Å². The van der Waals surface area contributed by atoms with Gasteiger partial charge in [0.2, 0.25) is 16.0 Å². The molecule has 0 aromatic carbocycles. The summed E-state index contributed by atoms with van der Waals surface area (Å²) in [5.41, 5.74) is 0.564. The third kappa shape index (κ3) is 2.90. The SMILES string of the molecule is CCc1cc(=O)n2nc(NC3CCCCNC3=O)sc2n1. The molecule has 0 aliphatic carbocycles. The number of carbonyl (C=O) groups excluding carboxylic acids is 1. The molecule has 1 aliphatic heterocycles. The Bertz CT molecular complexity index is 723. The van der Waals surface area contributed by atoms with E-state index in [0.717, 1.165) is 31.5 Å². The van der Waals surface area contributed by atoms with Crippen molar-refractivity contribution in [1.29, 1.82) is 0 Å². The first-order valence-corrected chi connectivity index (χ1v) is 7.93. The summed E-state index contributed by atoms with van der Waals surface area (Å²) in [6, 6.07) is 1.20. The second-order valence-electron chi connectivity index (χ2n) is 5.02. The lowest BCUT2D eigenvalue weighted by atomic mass is 10.1. The molecule has 3 rings (SSSR count). The molecule has 3 heterocycles. The van der Waals surface area contributed by atoms with E-state index < -0.39 is 0 Å². The molecule has 2 N–H and O–H groups in total. The third-order valence-corrected chi connectivity index (χ3v) is 4.33. The average molecular weight is 307 g/mol. The van der Waals surface area contributed by atoms with E-state index in [1.807, 2.05) is 6.92 Å². The smallest absolute Gasteiger partial charge is 0.275 e. The Kier molecular flexibility index (Phi) is 3.87. The molecule has 1 aliphatic rings. The normalized spacial score (nSPS) is 19.3. The number of nitrogens with zero attached hydrogens (tertiary/aromatic N) is 3. The van der Waals surface area contributed by atoms with Crippen LogP contribution in [0.25, 0.3) is 4.96 Å². The first-order chi connectivity index (χ1) is 10.2. The molecule has 0 spiro atoms. The highest BCUT2D eigenvalue weighted by molar-refractivity contribution is 7.20. The molecule has 0 bridgehead atoms. The molecule has 1 fully saturated rings. The quantitative estimate of drug-likeness (QED) is 0.875. The van der Waals surface area contributed by atoms with E-state index in [2.05, 4.69) is 20.7 Å². The van der Waals surface area contributed by atoms with E-state index in [1.54, 1.807) is 0 Å². The zero-order valence-corrected chi connectivity index (χ0v) is 12.6. The number of aromatic nitrogens is 3. The van der Waals surface area contributed by atoms with Gasteiger partial charge in [-0.2, -0.15) is 4.52 Å². The first-order valence-electron chi connectivity index (χ1n) is 7.11. The summed E-state index contributed by atoms with van der Waals surface area (Å²) in [5.74, 6) is -0.0127. The minimum absolute atomic E-state index is 0.0127. The van der Waals surface area contributed by atoms with Crippen molar-refractivity contribution in [1.82, 2.24) is 19.9 Å². The molecule has 1 saturated heterocycles. The number of hydrogen-bond acceptors (Lipinski definition) is 6. The van der Waals surface area contributed by atoms with Crippen LogP contribution in [0, 0.1) is 0 Å². The van der Waals surface area contributed by atoms with Crippen LogP contribution in [0.3, 0.4) is 0 Å². The highest BCUT2D eigenvalue weighted by atomic mass is 32.1. The van der Waals surface area contributed by atoms with Crippen LogP contribution in [-0.4, -0.2) is 33.1 Å². The molecule has 1 amide bonds. The molecular formula is C13H17N5O2S. The Morgan fingerprint density at radius 2 is 2.33 bits per heavy atom. The summed E-state index contributed by atoms with van der Waals surface area (Å²) in [4.78, 5) is 28.8. The number of aryl methyl sites for hydroxylation is 1. The Labute approximate surface area is 125 Å². The number of anilines is 1. The summed E-state index contributed by atoms with van der Waals surface area (Å²) >= 11 is 1.29. The molecule has 1 unspecified atom stereocenters. The third-order valence-electron chi connectivity index (χ3n) is 3.49. The predicted molar refractivity (Wildman–Crippen MR) is 80.8 cm³/mol. The second-order valence-corrected chi connectivity index (χ2v) is 5.98. The van der Waals surface area contributed by atoms with E-state index in [-0.39, 0.29) is 17.5 Å². The van der Waals surface area contributed by atoms with E-state index in [9.17, 15) is 9.59 Å². The standard InChI is InChI=1S/C13H17N5O2S/c1-2-8-7-10(19)18-13(15-8)21-12(17-18)16-9-5-3-4-6-14-11(9)20/h7,9H,2-6H2,1H3,(H,14,20)(H,16,17). The zero-order chi connectivity index (χ0) is 14.8. The maximum atomic E-state index is 11.9. The van der Waals surface area contributed by atoms with Gasteiger partial charge in [-0.1, -0.05) is 18.3 Å². The van der Waals surface area contributed by atoms with Crippen LogP contribution in [-0.2, 0) is 11.2 Å². The monoisotopic (exact) mass is 307 g/mol. The topological polar surface area (TPSA) is 88.4 Å². The molecule has 2 aromatic heterocycles.